The molecule has 1 aromatic rings. The molecule has 1 aliphatic heterocycles. The summed E-state index contributed by atoms with van der Waals surface area (Å²) in [6, 6.07) is 4.17. The van der Waals surface area contributed by atoms with Crippen LogP contribution < -0.4 is 10.5 Å². The molecule has 0 amide bonds. The zero-order valence-electron chi connectivity index (χ0n) is 12.4. The maximum Gasteiger partial charge on any atom is 0.213 e. The van der Waals surface area contributed by atoms with Gasteiger partial charge in [-0.25, -0.2) is 4.98 Å². The summed E-state index contributed by atoms with van der Waals surface area (Å²) in [6.07, 6.45) is 9.26. The monoisotopic (exact) mass is 277 g/mol. The van der Waals surface area contributed by atoms with Crippen LogP contribution in [0.1, 0.15) is 44.1 Å². The third kappa shape index (κ3) is 5.47. The van der Waals surface area contributed by atoms with E-state index in [0.29, 0.717) is 6.61 Å². The van der Waals surface area contributed by atoms with Crippen molar-refractivity contribution in [1.29, 1.82) is 0 Å². The summed E-state index contributed by atoms with van der Waals surface area (Å²) in [4.78, 5) is 6.82. The molecule has 1 aliphatic rings. The quantitative estimate of drug-likeness (QED) is 0.778. The summed E-state index contributed by atoms with van der Waals surface area (Å²) in [5.41, 5.74) is 6.77. The Morgan fingerprint density at radius 1 is 1.15 bits per heavy atom. The summed E-state index contributed by atoms with van der Waals surface area (Å²) in [5.74, 6) is 0.745. The van der Waals surface area contributed by atoms with Gasteiger partial charge in [0.15, 0.2) is 0 Å². The highest BCUT2D eigenvalue weighted by molar-refractivity contribution is 5.20. The molecule has 2 heterocycles. The van der Waals surface area contributed by atoms with E-state index in [2.05, 4.69) is 22.0 Å². The lowest BCUT2D eigenvalue weighted by molar-refractivity contribution is 0.273. The van der Waals surface area contributed by atoms with E-state index < -0.39 is 0 Å². The van der Waals surface area contributed by atoms with E-state index in [1.54, 1.807) is 0 Å². The summed E-state index contributed by atoms with van der Waals surface area (Å²) in [7, 11) is 0. The van der Waals surface area contributed by atoms with E-state index in [4.69, 9.17) is 10.5 Å². The van der Waals surface area contributed by atoms with Crippen molar-refractivity contribution in [2.45, 2.75) is 45.1 Å². The molecule has 0 bridgehead atoms. The summed E-state index contributed by atoms with van der Waals surface area (Å²) >= 11 is 0. The first-order valence-electron chi connectivity index (χ1n) is 7.88. The second-order valence-electron chi connectivity index (χ2n) is 5.54. The Hall–Kier alpha value is -1.13. The van der Waals surface area contributed by atoms with Crippen molar-refractivity contribution >= 4 is 0 Å². The molecule has 20 heavy (non-hydrogen) atoms. The van der Waals surface area contributed by atoms with Gasteiger partial charge in [0.05, 0.1) is 6.61 Å². The molecule has 0 aliphatic carbocycles. The van der Waals surface area contributed by atoms with Gasteiger partial charge in [-0.2, -0.15) is 0 Å². The molecule has 0 saturated carbocycles. The van der Waals surface area contributed by atoms with Crippen LogP contribution in [0.5, 0.6) is 5.88 Å². The first kappa shape index (κ1) is 15.3. The highest BCUT2D eigenvalue weighted by Gasteiger charge is 2.10. The summed E-state index contributed by atoms with van der Waals surface area (Å²) in [5, 5.41) is 0. The number of rotatable bonds is 7. The Morgan fingerprint density at radius 2 is 1.95 bits per heavy atom. The molecule has 4 nitrogen and oxygen atoms in total. The lowest BCUT2D eigenvalue weighted by atomic mass is 10.2. The van der Waals surface area contributed by atoms with E-state index in [9.17, 15) is 0 Å². The van der Waals surface area contributed by atoms with E-state index in [1.165, 1.54) is 44.3 Å². The molecule has 4 heteroatoms. The molecular formula is C16H27N3O. The zero-order chi connectivity index (χ0) is 14.0. The van der Waals surface area contributed by atoms with Crippen LogP contribution in [0.15, 0.2) is 18.3 Å². The normalized spacial score (nSPS) is 16.9. The molecule has 2 rings (SSSR count). The number of hydrogen-bond acceptors (Lipinski definition) is 4. The number of pyridine rings is 1. The Balaban J connectivity index is 1.81. The predicted octanol–water partition coefficient (Wildman–Crippen LogP) is 2.58. The Kier molecular flexibility index (Phi) is 6.81. The van der Waals surface area contributed by atoms with Crippen LogP contribution >= 0.6 is 0 Å². The van der Waals surface area contributed by atoms with Crippen LogP contribution in [-0.4, -0.2) is 36.1 Å². The van der Waals surface area contributed by atoms with Gasteiger partial charge in [0.1, 0.15) is 0 Å². The maximum atomic E-state index is 5.68. The lowest BCUT2D eigenvalue weighted by Gasteiger charge is -2.19. The van der Waals surface area contributed by atoms with Gasteiger partial charge < -0.3 is 10.5 Å². The number of nitrogens with two attached hydrogens (primary N) is 1. The van der Waals surface area contributed by atoms with Gasteiger partial charge in [-0.1, -0.05) is 12.8 Å². The Bertz CT molecular complexity index is 376. The fourth-order valence-electron chi connectivity index (χ4n) is 2.60. The second kappa shape index (κ2) is 8.93. The highest BCUT2D eigenvalue weighted by Crippen LogP contribution is 2.15. The molecule has 0 atom stereocenters. The molecule has 1 saturated heterocycles. The number of nitrogens with zero attached hydrogens (tertiary/aromatic N) is 2. The minimum Gasteiger partial charge on any atom is -0.478 e. The number of likely N-dealkylation sites (tertiary alicyclic amines) is 1. The van der Waals surface area contributed by atoms with E-state index in [1.807, 2.05) is 6.20 Å². The first-order chi connectivity index (χ1) is 9.88. The van der Waals surface area contributed by atoms with Gasteiger partial charge in [-0.15, -0.1) is 0 Å². The van der Waals surface area contributed by atoms with Crippen molar-refractivity contribution in [3.8, 4) is 5.88 Å². The minimum absolute atomic E-state index is 0.706. The zero-order valence-corrected chi connectivity index (χ0v) is 12.4. The SMILES string of the molecule is NCCCCOc1cc(CN2CCCCCC2)ccn1. The topological polar surface area (TPSA) is 51.4 Å². The summed E-state index contributed by atoms with van der Waals surface area (Å²) < 4.78 is 5.68. The third-order valence-corrected chi connectivity index (χ3v) is 3.75. The molecule has 0 unspecified atom stereocenters. The van der Waals surface area contributed by atoms with Crippen LogP contribution in [0.4, 0.5) is 0 Å². The Labute approximate surface area is 122 Å². The first-order valence-corrected chi connectivity index (χ1v) is 7.88. The molecule has 1 fully saturated rings. The molecule has 0 spiro atoms. The number of aromatic nitrogens is 1. The summed E-state index contributed by atoms with van der Waals surface area (Å²) in [6.45, 7) is 4.88. The van der Waals surface area contributed by atoms with Gasteiger partial charge in [-0.05, 0) is 56.9 Å². The van der Waals surface area contributed by atoms with Crippen LogP contribution in [0.25, 0.3) is 0 Å². The van der Waals surface area contributed by atoms with E-state index >= 15 is 0 Å². The Morgan fingerprint density at radius 3 is 2.70 bits per heavy atom. The van der Waals surface area contributed by atoms with Crippen LogP contribution in [-0.2, 0) is 6.54 Å². The second-order valence-corrected chi connectivity index (χ2v) is 5.54. The van der Waals surface area contributed by atoms with Crippen LogP contribution in [0.3, 0.4) is 0 Å². The fourth-order valence-corrected chi connectivity index (χ4v) is 2.60. The third-order valence-electron chi connectivity index (χ3n) is 3.75. The molecule has 112 valence electrons. The molecular weight excluding hydrogens is 250 g/mol. The highest BCUT2D eigenvalue weighted by atomic mass is 16.5. The standard InChI is InChI=1S/C16H27N3O/c17-8-3-6-12-20-16-13-15(7-9-18-16)14-19-10-4-1-2-5-11-19/h7,9,13H,1-6,8,10-12,14,17H2. The van der Waals surface area contributed by atoms with Crippen molar-refractivity contribution in [1.82, 2.24) is 9.88 Å². The smallest absolute Gasteiger partial charge is 0.213 e. The van der Waals surface area contributed by atoms with E-state index in [0.717, 1.165) is 31.8 Å². The lowest BCUT2D eigenvalue weighted by Crippen LogP contribution is -2.23. The number of ether oxygens (including phenoxy) is 1. The average molecular weight is 277 g/mol. The van der Waals surface area contributed by atoms with Crippen molar-refractivity contribution in [3.63, 3.8) is 0 Å². The average Bonchev–Trinajstić information content (AvgIpc) is 2.73. The van der Waals surface area contributed by atoms with Crippen LogP contribution in [0.2, 0.25) is 0 Å². The molecule has 1 aromatic heterocycles. The van der Waals surface area contributed by atoms with Gasteiger partial charge in [0, 0.05) is 18.8 Å². The van der Waals surface area contributed by atoms with Gasteiger partial charge >= 0.3 is 0 Å². The minimum atomic E-state index is 0.706. The van der Waals surface area contributed by atoms with Crippen molar-refractivity contribution < 1.29 is 4.74 Å². The predicted molar refractivity (Wildman–Crippen MR) is 81.8 cm³/mol. The van der Waals surface area contributed by atoms with E-state index in [-0.39, 0.29) is 0 Å². The van der Waals surface area contributed by atoms with Gasteiger partial charge in [0.2, 0.25) is 5.88 Å². The molecule has 2 N–H and O–H groups in total. The van der Waals surface area contributed by atoms with Crippen molar-refractivity contribution in [2.24, 2.45) is 5.73 Å². The number of hydrogen-bond donors (Lipinski definition) is 1. The molecule has 0 aromatic carbocycles. The van der Waals surface area contributed by atoms with Crippen molar-refractivity contribution in [3.05, 3.63) is 23.9 Å². The van der Waals surface area contributed by atoms with Gasteiger partial charge in [-0.3, -0.25) is 4.90 Å². The maximum absolute atomic E-state index is 5.68. The van der Waals surface area contributed by atoms with Crippen LogP contribution in [0, 0.1) is 0 Å². The van der Waals surface area contributed by atoms with Gasteiger partial charge in [0.25, 0.3) is 0 Å². The fraction of sp³-hybridized carbons (Fsp3) is 0.688. The largest absolute Gasteiger partial charge is 0.478 e. The van der Waals surface area contributed by atoms with Crippen molar-refractivity contribution in [2.75, 3.05) is 26.2 Å². The molecule has 0 radical (unpaired) electrons. The number of unbranched alkanes of at least 4 members (excludes halogenated alkanes) is 1.